The van der Waals surface area contributed by atoms with Crippen LogP contribution in [0.3, 0.4) is 0 Å². The first-order chi connectivity index (χ1) is 12.8. The summed E-state index contributed by atoms with van der Waals surface area (Å²) < 4.78 is 20.9. The summed E-state index contributed by atoms with van der Waals surface area (Å²) >= 11 is 0. The fourth-order valence-electron chi connectivity index (χ4n) is 2.92. The van der Waals surface area contributed by atoms with Gasteiger partial charge in [0.1, 0.15) is 12.1 Å². The molecule has 0 atom stereocenters. The molecule has 0 radical (unpaired) electrons. The van der Waals surface area contributed by atoms with E-state index in [2.05, 4.69) is 20.5 Å². The second-order valence-corrected chi connectivity index (χ2v) is 5.68. The number of methoxy groups -OCH3 is 1. The van der Waals surface area contributed by atoms with Crippen molar-refractivity contribution in [1.82, 2.24) is 19.6 Å². The lowest BCUT2D eigenvalue weighted by molar-refractivity contribution is 0.382. The summed E-state index contributed by atoms with van der Waals surface area (Å²) in [6.45, 7) is 0.406. The molecule has 0 saturated carbocycles. The molecule has 0 bridgehead atoms. The van der Waals surface area contributed by atoms with Crippen LogP contribution in [0.4, 0.5) is 10.2 Å². The Morgan fingerprint density at radius 3 is 2.77 bits per heavy atom. The van der Waals surface area contributed by atoms with E-state index in [4.69, 9.17) is 4.74 Å². The van der Waals surface area contributed by atoms with Crippen molar-refractivity contribution in [2.75, 3.05) is 12.4 Å². The van der Waals surface area contributed by atoms with Crippen LogP contribution in [0.5, 0.6) is 5.75 Å². The molecular formula is C19H16FN5O. The van der Waals surface area contributed by atoms with Crippen LogP contribution in [0.1, 0.15) is 5.56 Å². The molecule has 6 nitrogen and oxygen atoms in total. The highest BCUT2D eigenvalue weighted by molar-refractivity contribution is 5.78. The summed E-state index contributed by atoms with van der Waals surface area (Å²) in [6, 6.07) is 12.6. The van der Waals surface area contributed by atoms with Gasteiger partial charge in [-0.1, -0.05) is 12.1 Å². The van der Waals surface area contributed by atoms with Gasteiger partial charge in [-0.15, -0.1) is 10.2 Å². The van der Waals surface area contributed by atoms with Crippen molar-refractivity contribution in [3.63, 3.8) is 0 Å². The van der Waals surface area contributed by atoms with E-state index in [-0.39, 0.29) is 11.6 Å². The molecule has 26 heavy (non-hydrogen) atoms. The fourth-order valence-corrected chi connectivity index (χ4v) is 2.92. The van der Waals surface area contributed by atoms with Crippen molar-refractivity contribution in [3.05, 3.63) is 72.6 Å². The van der Waals surface area contributed by atoms with E-state index in [1.807, 2.05) is 34.7 Å². The maximum absolute atomic E-state index is 13.8. The predicted octanol–water partition coefficient (Wildman–Crippen LogP) is 3.55. The molecule has 7 heteroatoms. The normalized spacial score (nSPS) is 10.8. The first-order valence-corrected chi connectivity index (χ1v) is 8.06. The molecule has 3 heterocycles. The van der Waals surface area contributed by atoms with Gasteiger partial charge in [0, 0.05) is 30.1 Å². The number of hydrogen-bond donors (Lipinski definition) is 1. The molecule has 0 amide bonds. The maximum Gasteiger partial charge on any atom is 0.170 e. The molecule has 1 N–H and O–H groups in total. The summed E-state index contributed by atoms with van der Waals surface area (Å²) in [5.74, 6) is 0.664. The highest BCUT2D eigenvalue weighted by Crippen LogP contribution is 2.27. The molecule has 0 saturated heterocycles. The molecule has 4 rings (SSSR count). The number of ether oxygens (including phenoxy) is 1. The van der Waals surface area contributed by atoms with Gasteiger partial charge < -0.3 is 10.1 Å². The lowest BCUT2D eigenvalue weighted by Gasteiger charge is -2.13. The molecule has 0 aliphatic rings. The Balaban J connectivity index is 1.67. The van der Waals surface area contributed by atoms with Crippen LogP contribution in [0, 0.1) is 5.82 Å². The van der Waals surface area contributed by atoms with Crippen molar-refractivity contribution in [2.45, 2.75) is 6.54 Å². The summed E-state index contributed by atoms with van der Waals surface area (Å²) in [4.78, 5) is 4.04. The molecular weight excluding hydrogens is 333 g/mol. The predicted molar refractivity (Wildman–Crippen MR) is 96.5 cm³/mol. The number of nitrogens with one attached hydrogen (secondary N) is 1. The number of para-hydroxylation sites is 1. The third-order valence-corrected chi connectivity index (χ3v) is 4.16. The second kappa shape index (κ2) is 6.79. The lowest BCUT2D eigenvalue weighted by atomic mass is 10.1. The van der Waals surface area contributed by atoms with E-state index in [0.29, 0.717) is 6.54 Å². The Labute approximate surface area is 149 Å². The highest BCUT2D eigenvalue weighted by Gasteiger charge is 2.12. The number of aromatic nitrogens is 4. The first-order valence-electron chi connectivity index (χ1n) is 8.06. The average Bonchev–Trinajstić information content (AvgIpc) is 3.17. The molecule has 0 fully saturated rings. The number of benzene rings is 1. The summed E-state index contributed by atoms with van der Waals surface area (Å²) in [5, 5.41) is 11.5. The molecule has 0 unspecified atom stereocenters. The van der Waals surface area contributed by atoms with Crippen LogP contribution in [0.15, 0.2) is 61.2 Å². The monoisotopic (exact) mass is 349 g/mol. The van der Waals surface area contributed by atoms with Crippen LogP contribution in [-0.4, -0.2) is 26.7 Å². The van der Waals surface area contributed by atoms with Gasteiger partial charge in [0.2, 0.25) is 0 Å². The van der Waals surface area contributed by atoms with Gasteiger partial charge in [0.15, 0.2) is 17.2 Å². The van der Waals surface area contributed by atoms with E-state index in [0.717, 1.165) is 28.2 Å². The van der Waals surface area contributed by atoms with Crippen LogP contribution < -0.4 is 10.1 Å². The minimum atomic E-state index is -0.380. The van der Waals surface area contributed by atoms with Gasteiger partial charge in [-0.3, -0.25) is 9.38 Å². The topological polar surface area (TPSA) is 64.3 Å². The number of hydrogen-bond acceptors (Lipinski definition) is 5. The Morgan fingerprint density at radius 1 is 1.12 bits per heavy atom. The largest absolute Gasteiger partial charge is 0.493 e. The molecule has 0 aliphatic heterocycles. The minimum Gasteiger partial charge on any atom is -0.493 e. The zero-order chi connectivity index (χ0) is 17.9. The van der Waals surface area contributed by atoms with Crippen LogP contribution in [0.2, 0.25) is 0 Å². The highest BCUT2D eigenvalue weighted by atomic mass is 19.1. The van der Waals surface area contributed by atoms with Gasteiger partial charge in [-0.05, 0) is 35.9 Å². The second-order valence-electron chi connectivity index (χ2n) is 5.68. The smallest absolute Gasteiger partial charge is 0.170 e. The number of anilines is 1. The van der Waals surface area contributed by atoms with Crippen molar-refractivity contribution in [2.24, 2.45) is 0 Å². The van der Waals surface area contributed by atoms with Gasteiger partial charge in [0.25, 0.3) is 0 Å². The van der Waals surface area contributed by atoms with E-state index < -0.39 is 0 Å². The van der Waals surface area contributed by atoms with Crippen molar-refractivity contribution < 1.29 is 9.13 Å². The third-order valence-electron chi connectivity index (χ3n) is 4.16. The van der Waals surface area contributed by atoms with Gasteiger partial charge in [0.05, 0.1) is 7.11 Å². The van der Waals surface area contributed by atoms with Crippen molar-refractivity contribution in [1.29, 1.82) is 0 Å². The minimum absolute atomic E-state index is 0.244. The number of pyridine rings is 2. The number of rotatable bonds is 5. The van der Waals surface area contributed by atoms with Crippen LogP contribution >= 0.6 is 0 Å². The zero-order valence-corrected chi connectivity index (χ0v) is 14.1. The molecule has 1 aromatic carbocycles. The number of nitrogens with zero attached hydrogens (tertiary/aromatic N) is 4. The average molecular weight is 349 g/mol. The molecule has 3 aromatic heterocycles. The summed E-state index contributed by atoms with van der Waals surface area (Å²) in [6.07, 6.45) is 5.13. The zero-order valence-electron chi connectivity index (χ0n) is 14.1. The van der Waals surface area contributed by atoms with E-state index >= 15 is 0 Å². The van der Waals surface area contributed by atoms with E-state index in [9.17, 15) is 4.39 Å². The quantitative estimate of drug-likeness (QED) is 0.597. The first kappa shape index (κ1) is 16.0. The van der Waals surface area contributed by atoms with Crippen LogP contribution in [0.25, 0.3) is 16.8 Å². The Bertz CT molecular complexity index is 1050. The Hall–Kier alpha value is -3.48. The van der Waals surface area contributed by atoms with Crippen molar-refractivity contribution in [3.8, 4) is 16.9 Å². The van der Waals surface area contributed by atoms with Gasteiger partial charge in [-0.25, -0.2) is 4.39 Å². The van der Waals surface area contributed by atoms with E-state index in [1.54, 1.807) is 24.8 Å². The molecule has 0 aliphatic carbocycles. The standard InChI is InChI=1S/C19H16FN5O/c1-26-18-14(3-2-4-16(18)20)11-22-17-6-5-15(13-7-9-21-10-8-13)19-24-23-12-25(17)19/h2-10,12,22H,11H2,1H3. The van der Waals surface area contributed by atoms with Crippen molar-refractivity contribution >= 4 is 11.5 Å². The molecule has 4 aromatic rings. The molecule has 0 spiro atoms. The van der Waals surface area contributed by atoms with E-state index in [1.165, 1.54) is 13.2 Å². The van der Waals surface area contributed by atoms with Gasteiger partial charge in [-0.2, -0.15) is 0 Å². The summed E-state index contributed by atoms with van der Waals surface area (Å²) in [5.41, 5.74) is 3.43. The lowest BCUT2D eigenvalue weighted by Crippen LogP contribution is -2.06. The SMILES string of the molecule is COc1c(F)cccc1CNc1ccc(-c2ccncc2)c2nncn12. The third kappa shape index (κ3) is 2.83. The summed E-state index contributed by atoms with van der Waals surface area (Å²) in [7, 11) is 1.46. The number of halogens is 1. The van der Waals surface area contributed by atoms with Gasteiger partial charge >= 0.3 is 0 Å². The number of fused-ring (bicyclic) bond motifs is 1. The Kier molecular flexibility index (Phi) is 4.18. The molecule has 130 valence electrons. The Morgan fingerprint density at radius 2 is 1.96 bits per heavy atom. The maximum atomic E-state index is 13.8. The van der Waals surface area contributed by atoms with Crippen LogP contribution in [-0.2, 0) is 6.54 Å². The fraction of sp³-hybridized carbons (Fsp3) is 0.105.